The van der Waals surface area contributed by atoms with Crippen LogP contribution in [0.4, 0.5) is 0 Å². The van der Waals surface area contributed by atoms with Gasteiger partial charge in [-0.05, 0) is 59.7 Å². The zero-order chi connectivity index (χ0) is 10.7. The molecule has 2 rings (SSSR count). The van der Waals surface area contributed by atoms with Crippen LogP contribution in [0.1, 0.15) is 32.6 Å². The van der Waals surface area contributed by atoms with Crippen LogP contribution in [0.25, 0.3) is 0 Å². The molecule has 1 aliphatic rings. The molecule has 1 heterocycles. The van der Waals surface area contributed by atoms with Crippen molar-refractivity contribution >= 4 is 15.9 Å². The van der Waals surface area contributed by atoms with E-state index in [1.807, 2.05) is 12.1 Å². The van der Waals surface area contributed by atoms with Crippen molar-refractivity contribution in [2.45, 2.75) is 38.7 Å². The molecule has 0 unspecified atom stereocenters. The predicted octanol–water partition coefficient (Wildman–Crippen LogP) is 3.80. The first-order chi connectivity index (χ1) is 7.24. The molecule has 0 N–H and O–H groups in total. The van der Waals surface area contributed by atoms with Crippen molar-refractivity contribution in [3.05, 3.63) is 22.9 Å². The minimum atomic E-state index is 0.393. The average Bonchev–Trinajstić information content (AvgIpc) is 2.25. The average molecular weight is 270 g/mol. The van der Waals surface area contributed by atoms with Gasteiger partial charge in [0.1, 0.15) is 10.4 Å². The molecule has 1 aromatic rings. The number of hydrogen-bond donors (Lipinski definition) is 0. The van der Waals surface area contributed by atoms with Gasteiger partial charge in [-0.25, -0.2) is 4.98 Å². The monoisotopic (exact) mass is 269 g/mol. The highest BCUT2D eigenvalue weighted by molar-refractivity contribution is 9.10. The number of rotatable bonds is 2. The van der Waals surface area contributed by atoms with E-state index in [2.05, 4.69) is 27.8 Å². The van der Waals surface area contributed by atoms with E-state index in [1.165, 1.54) is 25.7 Å². The third-order valence-corrected chi connectivity index (χ3v) is 3.43. The van der Waals surface area contributed by atoms with Crippen LogP contribution < -0.4 is 4.74 Å². The molecule has 1 fully saturated rings. The molecule has 0 amide bonds. The van der Waals surface area contributed by atoms with Crippen LogP contribution in [-0.2, 0) is 0 Å². The highest BCUT2D eigenvalue weighted by Crippen LogP contribution is 2.27. The van der Waals surface area contributed by atoms with Crippen LogP contribution in [0.5, 0.6) is 5.75 Å². The summed E-state index contributed by atoms with van der Waals surface area (Å²) in [6, 6.07) is 3.88. The summed E-state index contributed by atoms with van der Waals surface area (Å²) < 4.78 is 6.73. The van der Waals surface area contributed by atoms with Gasteiger partial charge in [0, 0.05) is 0 Å². The fraction of sp³-hybridized carbons (Fsp3) is 0.583. The lowest BCUT2D eigenvalue weighted by atomic mass is 9.89. The van der Waals surface area contributed by atoms with E-state index < -0.39 is 0 Å². The third kappa shape index (κ3) is 3.20. The minimum absolute atomic E-state index is 0.393. The fourth-order valence-electron chi connectivity index (χ4n) is 1.97. The molecule has 1 aromatic heterocycles. The molecule has 0 spiro atoms. The van der Waals surface area contributed by atoms with Gasteiger partial charge < -0.3 is 4.74 Å². The standard InChI is InChI=1S/C12H16BrNO/c1-9-2-4-10(5-3-9)15-11-6-7-12(13)14-8-11/h6-10H,2-5H2,1H3. The summed E-state index contributed by atoms with van der Waals surface area (Å²) >= 11 is 3.31. The Bertz CT molecular complexity index is 304. The van der Waals surface area contributed by atoms with Gasteiger partial charge in [-0.1, -0.05) is 6.92 Å². The number of halogens is 1. The van der Waals surface area contributed by atoms with Crippen molar-refractivity contribution in [3.63, 3.8) is 0 Å². The molecule has 2 nitrogen and oxygen atoms in total. The van der Waals surface area contributed by atoms with Crippen molar-refractivity contribution in [2.75, 3.05) is 0 Å². The summed E-state index contributed by atoms with van der Waals surface area (Å²) in [6.45, 7) is 2.32. The Morgan fingerprint density at radius 1 is 1.27 bits per heavy atom. The van der Waals surface area contributed by atoms with E-state index in [1.54, 1.807) is 6.20 Å². The Balaban J connectivity index is 1.89. The topological polar surface area (TPSA) is 22.1 Å². The van der Waals surface area contributed by atoms with Gasteiger partial charge in [0.05, 0.1) is 12.3 Å². The highest BCUT2D eigenvalue weighted by atomic mass is 79.9. The molecule has 15 heavy (non-hydrogen) atoms. The van der Waals surface area contributed by atoms with Crippen molar-refractivity contribution in [1.82, 2.24) is 4.98 Å². The predicted molar refractivity (Wildman–Crippen MR) is 64.0 cm³/mol. The second-order valence-electron chi connectivity index (χ2n) is 4.32. The quantitative estimate of drug-likeness (QED) is 0.762. The smallest absolute Gasteiger partial charge is 0.138 e. The van der Waals surface area contributed by atoms with E-state index in [0.717, 1.165) is 16.3 Å². The van der Waals surface area contributed by atoms with Crippen LogP contribution in [-0.4, -0.2) is 11.1 Å². The number of ether oxygens (including phenoxy) is 1. The number of pyridine rings is 1. The zero-order valence-corrected chi connectivity index (χ0v) is 10.5. The molecular weight excluding hydrogens is 254 g/mol. The molecule has 0 aliphatic heterocycles. The van der Waals surface area contributed by atoms with E-state index in [9.17, 15) is 0 Å². The van der Waals surface area contributed by atoms with Crippen LogP contribution in [0.15, 0.2) is 22.9 Å². The lowest BCUT2D eigenvalue weighted by Gasteiger charge is -2.26. The van der Waals surface area contributed by atoms with Gasteiger partial charge >= 0.3 is 0 Å². The molecule has 1 aliphatic carbocycles. The van der Waals surface area contributed by atoms with Gasteiger partial charge in [0.25, 0.3) is 0 Å². The van der Waals surface area contributed by atoms with E-state index in [0.29, 0.717) is 6.10 Å². The summed E-state index contributed by atoms with van der Waals surface area (Å²) in [5.74, 6) is 1.76. The molecule has 1 saturated carbocycles. The molecular formula is C12H16BrNO. The van der Waals surface area contributed by atoms with Gasteiger partial charge in [0.2, 0.25) is 0 Å². The number of aromatic nitrogens is 1. The second-order valence-corrected chi connectivity index (χ2v) is 5.13. The molecule has 0 saturated heterocycles. The summed E-state index contributed by atoms with van der Waals surface area (Å²) in [5, 5.41) is 0. The van der Waals surface area contributed by atoms with Crippen LogP contribution in [0, 0.1) is 5.92 Å². The molecule has 0 aromatic carbocycles. The van der Waals surface area contributed by atoms with Gasteiger partial charge in [-0.15, -0.1) is 0 Å². The summed E-state index contributed by atoms with van der Waals surface area (Å²) in [6.07, 6.45) is 7.10. The van der Waals surface area contributed by atoms with E-state index in [-0.39, 0.29) is 0 Å². The molecule has 0 atom stereocenters. The van der Waals surface area contributed by atoms with Crippen LogP contribution in [0.2, 0.25) is 0 Å². The SMILES string of the molecule is CC1CCC(Oc2ccc(Br)nc2)CC1. The van der Waals surface area contributed by atoms with Crippen molar-refractivity contribution in [1.29, 1.82) is 0 Å². The Morgan fingerprint density at radius 2 is 2.00 bits per heavy atom. The second kappa shape index (κ2) is 4.97. The maximum Gasteiger partial charge on any atom is 0.138 e. The Morgan fingerprint density at radius 3 is 2.60 bits per heavy atom. The maximum atomic E-state index is 5.88. The maximum absolute atomic E-state index is 5.88. The van der Waals surface area contributed by atoms with Crippen LogP contribution >= 0.6 is 15.9 Å². The summed E-state index contributed by atoms with van der Waals surface area (Å²) in [4.78, 5) is 4.15. The van der Waals surface area contributed by atoms with Crippen molar-refractivity contribution in [2.24, 2.45) is 5.92 Å². The van der Waals surface area contributed by atoms with E-state index >= 15 is 0 Å². The van der Waals surface area contributed by atoms with Gasteiger partial charge in [0.15, 0.2) is 0 Å². The summed E-state index contributed by atoms with van der Waals surface area (Å²) in [5.41, 5.74) is 0. The van der Waals surface area contributed by atoms with Crippen molar-refractivity contribution < 1.29 is 4.74 Å². The van der Waals surface area contributed by atoms with Crippen LogP contribution in [0.3, 0.4) is 0 Å². The lowest BCUT2D eigenvalue weighted by molar-refractivity contribution is 0.135. The lowest BCUT2D eigenvalue weighted by Crippen LogP contribution is -2.23. The number of hydrogen-bond acceptors (Lipinski definition) is 2. The minimum Gasteiger partial charge on any atom is -0.489 e. The molecule has 0 radical (unpaired) electrons. The fourth-order valence-corrected chi connectivity index (χ4v) is 2.21. The first kappa shape index (κ1) is 10.9. The highest BCUT2D eigenvalue weighted by Gasteiger charge is 2.19. The number of nitrogens with zero attached hydrogens (tertiary/aromatic N) is 1. The molecule has 82 valence electrons. The van der Waals surface area contributed by atoms with E-state index in [4.69, 9.17) is 4.74 Å². The zero-order valence-electron chi connectivity index (χ0n) is 8.95. The largest absolute Gasteiger partial charge is 0.489 e. The Labute approximate surface area is 99.2 Å². The Hall–Kier alpha value is -0.570. The molecule has 0 bridgehead atoms. The normalized spacial score (nSPS) is 26.3. The third-order valence-electron chi connectivity index (χ3n) is 2.97. The molecule has 3 heteroatoms. The summed E-state index contributed by atoms with van der Waals surface area (Å²) in [7, 11) is 0. The van der Waals surface area contributed by atoms with Gasteiger partial charge in [-0.3, -0.25) is 0 Å². The first-order valence-electron chi connectivity index (χ1n) is 5.52. The van der Waals surface area contributed by atoms with Gasteiger partial charge in [-0.2, -0.15) is 0 Å². The Kier molecular flexibility index (Phi) is 3.62. The first-order valence-corrected chi connectivity index (χ1v) is 6.31. The van der Waals surface area contributed by atoms with Crippen molar-refractivity contribution in [3.8, 4) is 5.75 Å².